The van der Waals surface area contributed by atoms with E-state index in [1.807, 2.05) is 24.3 Å². The molecule has 0 aliphatic rings. The zero-order chi connectivity index (χ0) is 15.2. The molecule has 0 aromatic heterocycles. The lowest BCUT2D eigenvalue weighted by Gasteiger charge is -2.15. The Bertz CT molecular complexity index is 596. The number of hydrogen-bond acceptors (Lipinski definition) is 3. The molecule has 110 valence electrons. The fourth-order valence-electron chi connectivity index (χ4n) is 1.69. The highest BCUT2D eigenvalue weighted by atomic mass is 127. The summed E-state index contributed by atoms with van der Waals surface area (Å²) in [5.41, 5.74) is 0.707. The molecule has 1 amide bonds. The van der Waals surface area contributed by atoms with Gasteiger partial charge in [0.15, 0.2) is 6.10 Å². The van der Waals surface area contributed by atoms with Crippen LogP contribution in [0.2, 0.25) is 0 Å². The van der Waals surface area contributed by atoms with Gasteiger partial charge in [-0.25, -0.2) is 0 Å². The summed E-state index contributed by atoms with van der Waals surface area (Å²) >= 11 is 2.22. The van der Waals surface area contributed by atoms with Gasteiger partial charge in [0.05, 0.1) is 7.11 Å². The molecule has 0 aliphatic carbocycles. The lowest BCUT2D eigenvalue weighted by Crippen LogP contribution is -2.30. The summed E-state index contributed by atoms with van der Waals surface area (Å²) in [7, 11) is 1.60. The SMILES string of the molecule is COc1ccc(NC(=O)C(C)Oc2ccc(I)cc2)cc1. The molecule has 21 heavy (non-hydrogen) atoms. The van der Waals surface area contributed by atoms with Gasteiger partial charge in [-0.1, -0.05) is 0 Å². The minimum atomic E-state index is -0.577. The minimum absolute atomic E-state index is 0.196. The van der Waals surface area contributed by atoms with Gasteiger partial charge in [-0.15, -0.1) is 0 Å². The Hall–Kier alpha value is -1.76. The molecule has 0 fully saturated rings. The molecular weight excluding hydrogens is 381 g/mol. The number of methoxy groups -OCH3 is 1. The van der Waals surface area contributed by atoms with E-state index in [-0.39, 0.29) is 5.91 Å². The molecule has 0 saturated heterocycles. The Labute approximate surface area is 137 Å². The van der Waals surface area contributed by atoms with Crippen LogP contribution in [0.5, 0.6) is 11.5 Å². The van der Waals surface area contributed by atoms with Crippen LogP contribution < -0.4 is 14.8 Å². The molecule has 1 atom stereocenters. The fourth-order valence-corrected chi connectivity index (χ4v) is 2.05. The van der Waals surface area contributed by atoms with Crippen LogP contribution in [0.4, 0.5) is 5.69 Å². The van der Waals surface area contributed by atoms with Crippen LogP contribution in [-0.2, 0) is 4.79 Å². The zero-order valence-electron chi connectivity index (χ0n) is 11.8. The molecule has 2 aromatic carbocycles. The highest BCUT2D eigenvalue weighted by molar-refractivity contribution is 14.1. The molecule has 0 heterocycles. The number of ether oxygens (including phenoxy) is 2. The molecule has 0 radical (unpaired) electrons. The Morgan fingerprint density at radius 2 is 1.62 bits per heavy atom. The standard InChI is InChI=1S/C16H16INO3/c1-11(21-15-7-3-12(17)4-8-15)16(19)18-13-5-9-14(20-2)10-6-13/h3-11H,1-2H3,(H,18,19). The summed E-state index contributed by atoms with van der Waals surface area (Å²) in [6.07, 6.45) is -0.577. The number of halogens is 1. The Morgan fingerprint density at radius 1 is 1.05 bits per heavy atom. The van der Waals surface area contributed by atoms with E-state index in [0.717, 1.165) is 9.32 Å². The van der Waals surface area contributed by atoms with E-state index >= 15 is 0 Å². The summed E-state index contributed by atoms with van der Waals surface area (Å²) < 4.78 is 11.8. The van der Waals surface area contributed by atoms with Crippen molar-refractivity contribution in [1.29, 1.82) is 0 Å². The van der Waals surface area contributed by atoms with Crippen LogP contribution in [0.15, 0.2) is 48.5 Å². The van der Waals surface area contributed by atoms with Gasteiger partial charge in [0.25, 0.3) is 5.91 Å². The van der Waals surface area contributed by atoms with Crippen LogP contribution >= 0.6 is 22.6 Å². The number of amides is 1. The molecular formula is C16H16INO3. The molecule has 0 aliphatic heterocycles. The molecule has 0 bridgehead atoms. The van der Waals surface area contributed by atoms with Crippen molar-refractivity contribution >= 4 is 34.2 Å². The molecule has 1 unspecified atom stereocenters. The van der Waals surface area contributed by atoms with E-state index in [1.165, 1.54) is 0 Å². The minimum Gasteiger partial charge on any atom is -0.497 e. The monoisotopic (exact) mass is 397 g/mol. The number of carbonyl (C=O) groups excluding carboxylic acids is 1. The number of nitrogens with one attached hydrogen (secondary N) is 1. The van der Waals surface area contributed by atoms with Crippen molar-refractivity contribution < 1.29 is 14.3 Å². The average molecular weight is 397 g/mol. The van der Waals surface area contributed by atoms with E-state index in [9.17, 15) is 4.79 Å². The average Bonchev–Trinajstić information content (AvgIpc) is 2.50. The maximum atomic E-state index is 12.1. The molecule has 0 saturated carbocycles. The van der Waals surface area contributed by atoms with Crippen molar-refractivity contribution in [3.05, 3.63) is 52.1 Å². The summed E-state index contributed by atoms with van der Waals surface area (Å²) in [5.74, 6) is 1.22. The topological polar surface area (TPSA) is 47.6 Å². The number of rotatable bonds is 5. The highest BCUT2D eigenvalue weighted by Gasteiger charge is 2.14. The highest BCUT2D eigenvalue weighted by Crippen LogP contribution is 2.17. The smallest absolute Gasteiger partial charge is 0.265 e. The van der Waals surface area contributed by atoms with Crippen LogP contribution in [0.25, 0.3) is 0 Å². The normalized spacial score (nSPS) is 11.6. The van der Waals surface area contributed by atoms with Crippen LogP contribution in [0, 0.1) is 3.57 Å². The molecule has 2 rings (SSSR count). The van der Waals surface area contributed by atoms with E-state index in [2.05, 4.69) is 27.9 Å². The first-order valence-electron chi connectivity index (χ1n) is 6.45. The predicted octanol–water partition coefficient (Wildman–Crippen LogP) is 3.71. The van der Waals surface area contributed by atoms with E-state index in [0.29, 0.717) is 11.4 Å². The van der Waals surface area contributed by atoms with Gasteiger partial charge in [-0.05, 0) is 78.0 Å². The fraction of sp³-hybridized carbons (Fsp3) is 0.188. The Balaban J connectivity index is 1.93. The summed E-state index contributed by atoms with van der Waals surface area (Å²) in [6.45, 7) is 1.72. The predicted molar refractivity (Wildman–Crippen MR) is 90.9 cm³/mol. The van der Waals surface area contributed by atoms with Crippen molar-refractivity contribution in [2.24, 2.45) is 0 Å². The van der Waals surface area contributed by atoms with Crippen molar-refractivity contribution in [3.63, 3.8) is 0 Å². The first kappa shape index (κ1) is 15.6. The third-order valence-corrected chi connectivity index (χ3v) is 3.57. The quantitative estimate of drug-likeness (QED) is 0.783. The summed E-state index contributed by atoms with van der Waals surface area (Å²) in [4.78, 5) is 12.1. The second-order valence-electron chi connectivity index (χ2n) is 4.43. The lowest BCUT2D eigenvalue weighted by molar-refractivity contribution is -0.122. The van der Waals surface area contributed by atoms with Crippen molar-refractivity contribution in [2.75, 3.05) is 12.4 Å². The molecule has 4 nitrogen and oxygen atoms in total. The molecule has 5 heteroatoms. The van der Waals surface area contributed by atoms with Gasteiger partial charge in [0, 0.05) is 9.26 Å². The van der Waals surface area contributed by atoms with Crippen LogP contribution in [-0.4, -0.2) is 19.1 Å². The first-order chi connectivity index (χ1) is 10.1. The van der Waals surface area contributed by atoms with E-state index < -0.39 is 6.10 Å². The number of carbonyl (C=O) groups is 1. The first-order valence-corrected chi connectivity index (χ1v) is 7.53. The maximum absolute atomic E-state index is 12.1. The Morgan fingerprint density at radius 3 is 2.19 bits per heavy atom. The third-order valence-electron chi connectivity index (χ3n) is 2.85. The molecule has 0 spiro atoms. The van der Waals surface area contributed by atoms with Gasteiger partial charge in [-0.2, -0.15) is 0 Å². The maximum Gasteiger partial charge on any atom is 0.265 e. The van der Waals surface area contributed by atoms with Crippen molar-refractivity contribution in [3.8, 4) is 11.5 Å². The number of hydrogen-bond donors (Lipinski definition) is 1. The number of anilines is 1. The van der Waals surface area contributed by atoms with Gasteiger partial charge in [-0.3, -0.25) is 4.79 Å². The van der Waals surface area contributed by atoms with Crippen LogP contribution in [0.3, 0.4) is 0 Å². The summed E-state index contributed by atoms with van der Waals surface area (Å²) in [5, 5.41) is 2.80. The van der Waals surface area contributed by atoms with E-state index in [1.54, 1.807) is 38.3 Å². The zero-order valence-corrected chi connectivity index (χ0v) is 14.0. The molecule has 1 N–H and O–H groups in total. The summed E-state index contributed by atoms with van der Waals surface area (Å²) in [6, 6.07) is 14.7. The number of benzene rings is 2. The lowest BCUT2D eigenvalue weighted by atomic mass is 10.2. The molecule has 2 aromatic rings. The van der Waals surface area contributed by atoms with Gasteiger partial charge >= 0.3 is 0 Å². The largest absolute Gasteiger partial charge is 0.497 e. The van der Waals surface area contributed by atoms with Gasteiger partial charge in [0.2, 0.25) is 0 Å². The van der Waals surface area contributed by atoms with Crippen molar-refractivity contribution in [2.45, 2.75) is 13.0 Å². The van der Waals surface area contributed by atoms with E-state index in [4.69, 9.17) is 9.47 Å². The van der Waals surface area contributed by atoms with Gasteiger partial charge < -0.3 is 14.8 Å². The Kier molecular flexibility index (Phi) is 5.44. The third kappa shape index (κ3) is 4.63. The second-order valence-corrected chi connectivity index (χ2v) is 5.68. The van der Waals surface area contributed by atoms with Crippen molar-refractivity contribution in [1.82, 2.24) is 0 Å². The van der Waals surface area contributed by atoms with Gasteiger partial charge in [0.1, 0.15) is 11.5 Å². The second kappa shape index (κ2) is 7.31. The van der Waals surface area contributed by atoms with Crippen LogP contribution in [0.1, 0.15) is 6.92 Å².